The number of hydrogen-bond acceptors (Lipinski definition) is 2. The lowest BCUT2D eigenvalue weighted by Gasteiger charge is -2.21. The van der Waals surface area contributed by atoms with E-state index in [0.29, 0.717) is 0 Å². The molecule has 1 aliphatic heterocycles. The minimum atomic E-state index is 0.179. The highest BCUT2D eigenvalue weighted by molar-refractivity contribution is 5.17. The molecule has 0 aliphatic carbocycles. The first-order chi connectivity index (χ1) is 7.40. The minimum absolute atomic E-state index is 0.179. The van der Waals surface area contributed by atoms with E-state index >= 15 is 0 Å². The van der Waals surface area contributed by atoms with E-state index in [1.807, 2.05) is 13.0 Å². The molecule has 2 heterocycles. The smallest absolute Gasteiger partial charge is 0.0960 e. The van der Waals surface area contributed by atoms with E-state index in [9.17, 15) is 0 Å². The van der Waals surface area contributed by atoms with Crippen molar-refractivity contribution in [3.05, 3.63) is 48.0 Å². The summed E-state index contributed by atoms with van der Waals surface area (Å²) in [5.41, 5.74) is 2.50. The molecule has 0 aromatic carbocycles. The van der Waals surface area contributed by atoms with Gasteiger partial charge in [0.2, 0.25) is 0 Å². The van der Waals surface area contributed by atoms with Crippen molar-refractivity contribution in [2.75, 3.05) is 6.61 Å². The van der Waals surface area contributed by atoms with Gasteiger partial charge in [0.1, 0.15) is 0 Å². The highest BCUT2D eigenvalue weighted by atomic mass is 16.5. The number of furan rings is 1. The molecule has 0 fully saturated rings. The van der Waals surface area contributed by atoms with Crippen LogP contribution in [0.15, 0.2) is 46.8 Å². The van der Waals surface area contributed by atoms with Gasteiger partial charge < -0.3 is 9.15 Å². The van der Waals surface area contributed by atoms with Gasteiger partial charge in [0, 0.05) is 5.56 Å². The van der Waals surface area contributed by atoms with Gasteiger partial charge in [0.25, 0.3) is 0 Å². The molecule has 1 aromatic heterocycles. The van der Waals surface area contributed by atoms with E-state index in [2.05, 4.69) is 18.2 Å². The molecule has 0 spiro atoms. The number of allylic oxidation sites excluding steroid dienone is 2. The van der Waals surface area contributed by atoms with Gasteiger partial charge in [-0.3, -0.25) is 0 Å². The molecule has 2 heteroatoms. The van der Waals surface area contributed by atoms with Crippen molar-refractivity contribution in [1.29, 1.82) is 0 Å². The first-order valence-corrected chi connectivity index (χ1v) is 5.33. The SMILES string of the molecule is C/C=C/CC1=CCC(c2ccoc2)OC1. The van der Waals surface area contributed by atoms with Gasteiger partial charge in [0.05, 0.1) is 25.2 Å². The van der Waals surface area contributed by atoms with Crippen LogP contribution >= 0.6 is 0 Å². The fraction of sp³-hybridized carbons (Fsp3) is 0.385. The summed E-state index contributed by atoms with van der Waals surface area (Å²) in [5, 5.41) is 0. The number of rotatable bonds is 3. The third-order valence-electron chi connectivity index (χ3n) is 2.62. The summed E-state index contributed by atoms with van der Waals surface area (Å²) in [4.78, 5) is 0. The Labute approximate surface area is 90.2 Å². The largest absolute Gasteiger partial charge is 0.472 e. The van der Waals surface area contributed by atoms with E-state index in [0.717, 1.165) is 25.0 Å². The Balaban J connectivity index is 1.93. The normalized spacial score (nSPS) is 21.9. The van der Waals surface area contributed by atoms with Gasteiger partial charge in [-0.25, -0.2) is 0 Å². The first-order valence-electron chi connectivity index (χ1n) is 5.33. The second-order valence-corrected chi connectivity index (χ2v) is 3.73. The van der Waals surface area contributed by atoms with Crippen LogP contribution < -0.4 is 0 Å². The minimum Gasteiger partial charge on any atom is -0.472 e. The second kappa shape index (κ2) is 4.99. The molecule has 0 radical (unpaired) electrons. The number of hydrogen-bond donors (Lipinski definition) is 0. The molecule has 0 N–H and O–H groups in total. The molecule has 15 heavy (non-hydrogen) atoms. The van der Waals surface area contributed by atoms with Gasteiger partial charge in [-0.05, 0) is 31.4 Å². The Kier molecular flexibility index (Phi) is 3.41. The Morgan fingerprint density at radius 3 is 3.07 bits per heavy atom. The molecular weight excluding hydrogens is 188 g/mol. The van der Waals surface area contributed by atoms with E-state index in [4.69, 9.17) is 9.15 Å². The quantitative estimate of drug-likeness (QED) is 0.701. The Bertz CT molecular complexity index is 347. The van der Waals surface area contributed by atoms with Crippen LogP contribution in [0.5, 0.6) is 0 Å². The highest BCUT2D eigenvalue weighted by Crippen LogP contribution is 2.27. The van der Waals surface area contributed by atoms with Crippen LogP contribution in [0.3, 0.4) is 0 Å². The van der Waals surface area contributed by atoms with Crippen molar-refractivity contribution >= 4 is 0 Å². The van der Waals surface area contributed by atoms with Crippen LogP contribution in [-0.4, -0.2) is 6.61 Å². The molecule has 1 aromatic rings. The average Bonchev–Trinajstić information content (AvgIpc) is 2.80. The van der Waals surface area contributed by atoms with Crippen LogP contribution in [0.1, 0.15) is 31.4 Å². The van der Waals surface area contributed by atoms with Crippen molar-refractivity contribution in [1.82, 2.24) is 0 Å². The lowest BCUT2D eigenvalue weighted by atomic mass is 10.0. The van der Waals surface area contributed by atoms with Crippen LogP contribution in [0.25, 0.3) is 0 Å². The predicted octanol–water partition coefficient (Wildman–Crippen LogP) is 3.63. The molecule has 1 unspecified atom stereocenters. The van der Waals surface area contributed by atoms with Crippen molar-refractivity contribution in [3.63, 3.8) is 0 Å². The van der Waals surface area contributed by atoms with Crippen LogP contribution in [0, 0.1) is 0 Å². The lowest BCUT2D eigenvalue weighted by Crippen LogP contribution is -2.11. The maximum absolute atomic E-state index is 5.77. The Morgan fingerprint density at radius 2 is 2.47 bits per heavy atom. The maximum Gasteiger partial charge on any atom is 0.0960 e. The third-order valence-corrected chi connectivity index (χ3v) is 2.62. The summed E-state index contributed by atoms with van der Waals surface area (Å²) >= 11 is 0. The second-order valence-electron chi connectivity index (χ2n) is 3.73. The Morgan fingerprint density at radius 1 is 1.53 bits per heavy atom. The summed E-state index contributed by atoms with van der Waals surface area (Å²) in [6, 6.07) is 1.97. The molecule has 2 rings (SSSR count). The molecule has 0 saturated carbocycles. The zero-order valence-corrected chi connectivity index (χ0v) is 8.98. The summed E-state index contributed by atoms with van der Waals surface area (Å²) in [5.74, 6) is 0. The van der Waals surface area contributed by atoms with Gasteiger partial charge in [0.15, 0.2) is 0 Å². The molecule has 80 valence electrons. The molecule has 1 atom stereocenters. The molecule has 0 saturated heterocycles. The zero-order chi connectivity index (χ0) is 10.5. The summed E-state index contributed by atoms with van der Waals surface area (Å²) in [6.07, 6.45) is 12.1. The van der Waals surface area contributed by atoms with Gasteiger partial charge in [-0.2, -0.15) is 0 Å². The van der Waals surface area contributed by atoms with Crippen LogP contribution in [0.4, 0.5) is 0 Å². The fourth-order valence-corrected chi connectivity index (χ4v) is 1.71. The summed E-state index contributed by atoms with van der Waals surface area (Å²) in [6.45, 7) is 2.78. The van der Waals surface area contributed by atoms with E-state index in [1.165, 1.54) is 5.57 Å². The lowest BCUT2D eigenvalue weighted by molar-refractivity contribution is 0.0603. The van der Waals surface area contributed by atoms with Gasteiger partial charge in [-0.15, -0.1) is 0 Å². The standard InChI is InChI=1S/C13H16O2/c1-2-3-4-11-5-6-13(15-9-11)12-7-8-14-10-12/h2-3,5,7-8,10,13H,4,6,9H2,1H3/b3-2+. The van der Waals surface area contributed by atoms with E-state index < -0.39 is 0 Å². The van der Waals surface area contributed by atoms with Gasteiger partial charge in [-0.1, -0.05) is 18.2 Å². The van der Waals surface area contributed by atoms with E-state index in [-0.39, 0.29) is 6.10 Å². The fourth-order valence-electron chi connectivity index (χ4n) is 1.71. The third kappa shape index (κ3) is 2.60. The highest BCUT2D eigenvalue weighted by Gasteiger charge is 2.16. The summed E-state index contributed by atoms with van der Waals surface area (Å²) < 4.78 is 10.8. The maximum atomic E-state index is 5.77. The van der Waals surface area contributed by atoms with Crippen molar-refractivity contribution in [3.8, 4) is 0 Å². The average molecular weight is 204 g/mol. The van der Waals surface area contributed by atoms with Gasteiger partial charge >= 0.3 is 0 Å². The predicted molar refractivity (Wildman–Crippen MR) is 59.5 cm³/mol. The molecule has 1 aliphatic rings. The van der Waals surface area contributed by atoms with Crippen molar-refractivity contribution < 1.29 is 9.15 Å². The van der Waals surface area contributed by atoms with Crippen LogP contribution in [-0.2, 0) is 4.74 Å². The zero-order valence-electron chi connectivity index (χ0n) is 8.98. The van der Waals surface area contributed by atoms with Crippen molar-refractivity contribution in [2.24, 2.45) is 0 Å². The molecule has 0 amide bonds. The molecular formula is C13H16O2. The van der Waals surface area contributed by atoms with E-state index in [1.54, 1.807) is 12.5 Å². The number of ether oxygens (including phenoxy) is 1. The van der Waals surface area contributed by atoms with Crippen LogP contribution in [0.2, 0.25) is 0 Å². The Hall–Kier alpha value is -1.28. The summed E-state index contributed by atoms with van der Waals surface area (Å²) in [7, 11) is 0. The molecule has 0 bridgehead atoms. The first kappa shape index (κ1) is 10.2. The van der Waals surface area contributed by atoms with Crippen molar-refractivity contribution in [2.45, 2.75) is 25.9 Å². The topological polar surface area (TPSA) is 22.4 Å². The monoisotopic (exact) mass is 204 g/mol. The molecule has 2 nitrogen and oxygen atoms in total.